The summed E-state index contributed by atoms with van der Waals surface area (Å²) in [5.74, 6) is 0.194. The number of rotatable bonds is 10. The molecule has 19 heavy (non-hydrogen) atoms. The van der Waals surface area contributed by atoms with E-state index in [2.05, 4.69) is 12.1 Å². The van der Waals surface area contributed by atoms with Gasteiger partial charge in [0.25, 0.3) is 0 Å². The van der Waals surface area contributed by atoms with Gasteiger partial charge in [-0.15, -0.1) is 0 Å². The van der Waals surface area contributed by atoms with E-state index in [9.17, 15) is 10.0 Å². The fourth-order valence-corrected chi connectivity index (χ4v) is 2.37. The summed E-state index contributed by atoms with van der Waals surface area (Å²) in [6.45, 7) is 2.29. The molecule has 0 aliphatic heterocycles. The molecule has 1 aromatic carbocycles. The van der Waals surface area contributed by atoms with Crippen LogP contribution in [0.3, 0.4) is 0 Å². The van der Waals surface area contributed by atoms with E-state index < -0.39 is 0 Å². The number of hydrogen-bond acceptors (Lipinski definition) is 3. The number of phenolic OH excluding ortho intramolecular Hbond substituents is 1. The second-order valence-electron chi connectivity index (χ2n) is 5.07. The summed E-state index contributed by atoms with van der Waals surface area (Å²) in [5, 5.41) is 12.6. The van der Waals surface area contributed by atoms with Crippen molar-refractivity contribution < 1.29 is 5.11 Å². The molecule has 0 aromatic heterocycles. The standard InChI is InChI=1S/C16H25NO2/c1-2-3-4-5-6-7-8-10-14-11-9-12-16(18)15(14)13-17-19/h9,11-12,18H,2-8,10,13H2,1H3. The first-order valence-electron chi connectivity index (χ1n) is 7.38. The molecule has 106 valence electrons. The molecule has 0 fully saturated rings. The lowest BCUT2D eigenvalue weighted by Gasteiger charge is -2.08. The largest absolute Gasteiger partial charge is 0.508 e. The molecule has 0 radical (unpaired) electrons. The molecule has 0 heterocycles. The molecule has 0 amide bonds. The number of nitrogens with zero attached hydrogens (tertiary/aromatic N) is 1. The van der Waals surface area contributed by atoms with Crippen molar-refractivity contribution in [3.8, 4) is 5.75 Å². The Kier molecular flexibility index (Phi) is 7.87. The predicted molar refractivity (Wildman–Crippen MR) is 79.3 cm³/mol. The molecular weight excluding hydrogens is 238 g/mol. The van der Waals surface area contributed by atoms with Crippen LogP contribution in [0.15, 0.2) is 23.4 Å². The van der Waals surface area contributed by atoms with Gasteiger partial charge >= 0.3 is 0 Å². The molecule has 3 nitrogen and oxygen atoms in total. The molecule has 3 heteroatoms. The van der Waals surface area contributed by atoms with E-state index in [0.29, 0.717) is 5.56 Å². The summed E-state index contributed by atoms with van der Waals surface area (Å²) in [6.07, 6.45) is 9.80. The van der Waals surface area contributed by atoms with Gasteiger partial charge in [0, 0.05) is 5.56 Å². The van der Waals surface area contributed by atoms with E-state index in [4.69, 9.17) is 0 Å². The number of nitroso groups, excluding NO2 is 1. The lowest BCUT2D eigenvalue weighted by atomic mass is 9.99. The van der Waals surface area contributed by atoms with Crippen LogP contribution in [0, 0.1) is 4.91 Å². The molecule has 0 atom stereocenters. The minimum Gasteiger partial charge on any atom is -0.508 e. The molecule has 0 saturated heterocycles. The average molecular weight is 263 g/mol. The van der Waals surface area contributed by atoms with Gasteiger partial charge in [-0.3, -0.25) is 0 Å². The second-order valence-corrected chi connectivity index (χ2v) is 5.07. The Morgan fingerprint density at radius 1 is 1.05 bits per heavy atom. The van der Waals surface area contributed by atoms with Crippen molar-refractivity contribution in [2.24, 2.45) is 5.18 Å². The first kappa shape index (κ1) is 15.7. The zero-order valence-electron chi connectivity index (χ0n) is 11.9. The SMILES string of the molecule is CCCCCCCCCc1cccc(O)c1CN=O. The topological polar surface area (TPSA) is 49.7 Å². The van der Waals surface area contributed by atoms with Crippen molar-refractivity contribution in [2.75, 3.05) is 0 Å². The van der Waals surface area contributed by atoms with Crippen LogP contribution in [-0.4, -0.2) is 5.11 Å². The van der Waals surface area contributed by atoms with E-state index in [1.807, 2.05) is 12.1 Å². The summed E-state index contributed by atoms with van der Waals surface area (Å²) >= 11 is 0. The van der Waals surface area contributed by atoms with Crippen molar-refractivity contribution >= 4 is 0 Å². The van der Waals surface area contributed by atoms with Gasteiger partial charge in [-0.25, -0.2) is 0 Å². The van der Waals surface area contributed by atoms with Crippen molar-refractivity contribution in [3.63, 3.8) is 0 Å². The zero-order valence-corrected chi connectivity index (χ0v) is 11.9. The van der Waals surface area contributed by atoms with Gasteiger partial charge < -0.3 is 5.11 Å². The number of aryl methyl sites for hydroxylation is 1. The molecule has 1 aromatic rings. The van der Waals surface area contributed by atoms with E-state index in [1.165, 1.54) is 38.5 Å². The van der Waals surface area contributed by atoms with Crippen LogP contribution in [-0.2, 0) is 13.0 Å². The highest BCUT2D eigenvalue weighted by molar-refractivity contribution is 5.39. The first-order chi connectivity index (χ1) is 9.29. The zero-order chi connectivity index (χ0) is 13.9. The molecule has 0 spiro atoms. The highest BCUT2D eigenvalue weighted by atomic mass is 16.3. The Hall–Kier alpha value is -1.38. The van der Waals surface area contributed by atoms with Gasteiger partial charge in [0.15, 0.2) is 0 Å². The van der Waals surface area contributed by atoms with Crippen LogP contribution in [0.5, 0.6) is 5.75 Å². The van der Waals surface area contributed by atoms with E-state index >= 15 is 0 Å². The number of unbranched alkanes of at least 4 members (excludes halogenated alkanes) is 6. The molecule has 1 N–H and O–H groups in total. The molecule has 1 rings (SSSR count). The van der Waals surface area contributed by atoms with Crippen molar-refractivity contribution in [1.29, 1.82) is 0 Å². The van der Waals surface area contributed by atoms with Gasteiger partial charge in [0.2, 0.25) is 0 Å². The van der Waals surface area contributed by atoms with Crippen LogP contribution >= 0.6 is 0 Å². The Bertz CT molecular complexity index is 377. The minimum absolute atomic E-state index is 0.0680. The third-order valence-corrected chi connectivity index (χ3v) is 3.52. The van der Waals surface area contributed by atoms with Gasteiger partial charge in [-0.2, -0.15) is 4.91 Å². The number of benzene rings is 1. The van der Waals surface area contributed by atoms with E-state index in [1.54, 1.807) is 6.07 Å². The Balaban J connectivity index is 2.32. The maximum atomic E-state index is 10.4. The number of hydrogen-bond donors (Lipinski definition) is 1. The van der Waals surface area contributed by atoms with Crippen molar-refractivity contribution in [2.45, 2.75) is 64.8 Å². The third-order valence-electron chi connectivity index (χ3n) is 3.52. The summed E-state index contributed by atoms with van der Waals surface area (Å²) in [7, 11) is 0. The van der Waals surface area contributed by atoms with Crippen molar-refractivity contribution in [3.05, 3.63) is 34.2 Å². The second kappa shape index (κ2) is 9.54. The number of aromatic hydroxyl groups is 1. The normalized spacial score (nSPS) is 10.6. The highest BCUT2D eigenvalue weighted by Crippen LogP contribution is 2.23. The summed E-state index contributed by atoms with van der Waals surface area (Å²) in [4.78, 5) is 10.4. The molecule has 0 aliphatic rings. The Labute approximate surface area is 116 Å². The fourth-order valence-electron chi connectivity index (χ4n) is 2.37. The molecule has 0 saturated carbocycles. The van der Waals surface area contributed by atoms with E-state index in [0.717, 1.165) is 18.4 Å². The monoisotopic (exact) mass is 263 g/mol. The lowest BCUT2D eigenvalue weighted by molar-refractivity contribution is 0.466. The van der Waals surface area contributed by atoms with Crippen LogP contribution in [0.1, 0.15) is 63.0 Å². The summed E-state index contributed by atoms with van der Waals surface area (Å²) in [6, 6.07) is 5.44. The molecule has 0 aliphatic carbocycles. The van der Waals surface area contributed by atoms with Crippen molar-refractivity contribution in [1.82, 2.24) is 0 Å². The average Bonchev–Trinajstić information content (AvgIpc) is 2.41. The van der Waals surface area contributed by atoms with Crippen LogP contribution < -0.4 is 0 Å². The maximum Gasteiger partial charge on any atom is 0.121 e. The number of phenols is 1. The maximum absolute atomic E-state index is 10.4. The molecule has 0 unspecified atom stereocenters. The van der Waals surface area contributed by atoms with Gasteiger partial charge in [-0.1, -0.05) is 62.8 Å². The third kappa shape index (κ3) is 5.86. The van der Waals surface area contributed by atoms with Crippen LogP contribution in [0.25, 0.3) is 0 Å². The smallest absolute Gasteiger partial charge is 0.121 e. The predicted octanol–water partition coefficient (Wildman–Crippen LogP) is 4.95. The molecular formula is C16H25NO2. The van der Waals surface area contributed by atoms with Gasteiger partial charge in [0.1, 0.15) is 12.3 Å². The summed E-state index contributed by atoms with van der Waals surface area (Å²) in [5.41, 5.74) is 1.76. The van der Waals surface area contributed by atoms with Gasteiger partial charge in [-0.05, 0) is 24.5 Å². The quantitative estimate of drug-likeness (QED) is 0.479. The van der Waals surface area contributed by atoms with E-state index in [-0.39, 0.29) is 12.3 Å². The molecule has 0 bridgehead atoms. The Morgan fingerprint density at radius 3 is 2.42 bits per heavy atom. The Morgan fingerprint density at radius 2 is 1.74 bits per heavy atom. The summed E-state index contributed by atoms with van der Waals surface area (Å²) < 4.78 is 0. The highest BCUT2D eigenvalue weighted by Gasteiger charge is 2.07. The van der Waals surface area contributed by atoms with Crippen LogP contribution in [0.4, 0.5) is 0 Å². The fraction of sp³-hybridized carbons (Fsp3) is 0.625. The first-order valence-corrected chi connectivity index (χ1v) is 7.38. The minimum atomic E-state index is 0.0680. The van der Waals surface area contributed by atoms with Crippen LogP contribution in [0.2, 0.25) is 0 Å². The van der Waals surface area contributed by atoms with Gasteiger partial charge in [0.05, 0.1) is 0 Å². The lowest BCUT2D eigenvalue weighted by Crippen LogP contribution is -1.94.